The highest BCUT2D eigenvalue weighted by Gasteiger charge is 2.52. The second kappa shape index (κ2) is 5.21. The van der Waals surface area contributed by atoms with E-state index in [2.05, 4.69) is 23.3 Å². The van der Waals surface area contributed by atoms with Crippen molar-refractivity contribution in [3.63, 3.8) is 0 Å². The summed E-state index contributed by atoms with van der Waals surface area (Å²) in [5.74, 6) is 0.600. The molecule has 0 bridgehead atoms. The van der Waals surface area contributed by atoms with Crippen LogP contribution in [0.4, 0.5) is 5.13 Å². The Morgan fingerprint density at radius 1 is 1.48 bits per heavy atom. The molecule has 1 N–H and O–H groups in total. The Labute approximate surface area is 142 Å². The first kappa shape index (κ1) is 15.0. The van der Waals surface area contributed by atoms with Crippen LogP contribution in [0.5, 0.6) is 0 Å². The molecule has 2 atom stereocenters. The predicted molar refractivity (Wildman–Crippen MR) is 93.7 cm³/mol. The van der Waals surface area contributed by atoms with Gasteiger partial charge >= 0.3 is 0 Å². The van der Waals surface area contributed by atoms with Crippen LogP contribution in [0.3, 0.4) is 0 Å². The van der Waals surface area contributed by atoms with E-state index in [4.69, 9.17) is 0 Å². The largest absolute Gasteiger partial charge is 0.315 e. The molecule has 1 aromatic carbocycles. The lowest BCUT2D eigenvalue weighted by Crippen LogP contribution is -2.48. The average Bonchev–Trinajstić information content (AvgIpc) is 3.12. The third kappa shape index (κ3) is 2.42. The summed E-state index contributed by atoms with van der Waals surface area (Å²) in [5, 5.41) is 3.50. The summed E-state index contributed by atoms with van der Waals surface area (Å²) in [4.78, 5) is 30.8. The molecular formula is C16H17N3O2S2. The Bertz CT molecular complexity index is 819. The summed E-state index contributed by atoms with van der Waals surface area (Å²) in [7, 11) is 0. The molecule has 2 aromatic rings. The van der Waals surface area contributed by atoms with E-state index in [1.807, 2.05) is 19.1 Å². The third-order valence-corrected chi connectivity index (χ3v) is 6.96. The summed E-state index contributed by atoms with van der Waals surface area (Å²) in [5.41, 5.74) is 2.06. The molecule has 7 heteroatoms. The van der Waals surface area contributed by atoms with E-state index in [9.17, 15) is 9.59 Å². The standard InChI is InChI=1S/C16H17N3O2S2/c1-9-3-4-10-12(7-9)23-15(17-10)18-14(21)11-8-22-16(2)6-5-13(20)19(11)16/h3-4,7,11H,5-6,8H2,1-2H3,(H,17,18,21)/t11-,16+/m1/s1. The lowest BCUT2D eigenvalue weighted by Gasteiger charge is -2.29. The second-order valence-electron chi connectivity index (χ2n) is 6.25. The van der Waals surface area contributed by atoms with Crippen LogP contribution in [0.1, 0.15) is 25.3 Å². The van der Waals surface area contributed by atoms with Gasteiger partial charge in [0.05, 0.1) is 15.1 Å². The first-order valence-electron chi connectivity index (χ1n) is 7.60. The van der Waals surface area contributed by atoms with Crippen molar-refractivity contribution >= 4 is 50.3 Å². The van der Waals surface area contributed by atoms with Gasteiger partial charge in [-0.05, 0) is 38.0 Å². The van der Waals surface area contributed by atoms with Crippen molar-refractivity contribution in [2.75, 3.05) is 11.1 Å². The number of nitrogens with zero attached hydrogens (tertiary/aromatic N) is 2. The number of anilines is 1. The Morgan fingerprint density at radius 2 is 2.30 bits per heavy atom. The van der Waals surface area contributed by atoms with Gasteiger partial charge in [-0.2, -0.15) is 0 Å². The highest BCUT2D eigenvalue weighted by atomic mass is 32.2. The highest BCUT2D eigenvalue weighted by molar-refractivity contribution is 8.01. The number of thioether (sulfide) groups is 1. The lowest BCUT2D eigenvalue weighted by molar-refractivity contribution is -0.135. The van der Waals surface area contributed by atoms with Gasteiger partial charge in [0.2, 0.25) is 11.8 Å². The summed E-state index contributed by atoms with van der Waals surface area (Å²) < 4.78 is 1.06. The molecule has 0 saturated carbocycles. The van der Waals surface area contributed by atoms with Crippen LogP contribution in [0, 0.1) is 6.92 Å². The zero-order valence-electron chi connectivity index (χ0n) is 13.0. The number of carbonyl (C=O) groups is 2. The maximum atomic E-state index is 12.6. The SMILES string of the molecule is Cc1ccc2nc(NC(=O)[C@H]3CS[C@@]4(C)CCC(=O)N34)sc2c1. The minimum absolute atomic E-state index is 0.0811. The van der Waals surface area contributed by atoms with Crippen LogP contribution in [-0.2, 0) is 9.59 Å². The topological polar surface area (TPSA) is 62.3 Å². The van der Waals surface area contributed by atoms with Crippen LogP contribution in [0.15, 0.2) is 18.2 Å². The molecule has 2 amide bonds. The molecule has 23 heavy (non-hydrogen) atoms. The van der Waals surface area contributed by atoms with E-state index >= 15 is 0 Å². The Hall–Kier alpha value is -1.60. The molecule has 0 radical (unpaired) electrons. The highest BCUT2D eigenvalue weighted by Crippen LogP contribution is 2.47. The molecule has 120 valence electrons. The van der Waals surface area contributed by atoms with E-state index in [1.165, 1.54) is 16.9 Å². The number of carbonyl (C=O) groups excluding carboxylic acids is 2. The monoisotopic (exact) mass is 347 g/mol. The van der Waals surface area contributed by atoms with Crippen LogP contribution < -0.4 is 5.32 Å². The van der Waals surface area contributed by atoms with Crippen LogP contribution in [-0.4, -0.2) is 38.4 Å². The fourth-order valence-electron chi connectivity index (χ4n) is 3.29. The van der Waals surface area contributed by atoms with Crippen molar-refractivity contribution < 1.29 is 9.59 Å². The molecule has 5 nitrogen and oxygen atoms in total. The van der Waals surface area contributed by atoms with Gasteiger partial charge < -0.3 is 10.2 Å². The minimum atomic E-state index is -0.395. The number of aryl methyl sites for hydroxylation is 1. The van der Waals surface area contributed by atoms with Gasteiger partial charge in [-0.1, -0.05) is 17.4 Å². The third-order valence-electron chi connectivity index (χ3n) is 4.52. The molecule has 3 heterocycles. The second-order valence-corrected chi connectivity index (χ2v) is 8.78. The number of hydrogen-bond donors (Lipinski definition) is 1. The molecule has 2 fully saturated rings. The smallest absolute Gasteiger partial charge is 0.249 e. The van der Waals surface area contributed by atoms with E-state index in [-0.39, 0.29) is 16.7 Å². The molecule has 1 aromatic heterocycles. The summed E-state index contributed by atoms with van der Waals surface area (Å²) in [6, 6.07) is 5.64. The van der Waals surface area contributed by atoms with E-state index < -0.39 is 6.04 Å². The van der Waals surface area contributed by atoms with Crippen molar-refractivity contribution in [1.82, 2.24) is 9.88 Å². The van der Waals surface area contributed by atoms with Gasteiger partial charge in [0.1, 0.15) is 6.04 Å². The molecule has 0 aliphatic carbocycles. The zero-order chi connectivity index (χ0) is 16.2. The lowest BCUT2D eigenvalue weighted by atomic mass is 10.2. The van der Waals surface area contributed by atoms with Gasteiger partial charge in [0, 0.05) is 12.2 Å². The van der Waals surface area contributed by atoms with Gasteiger partial charge in [-0.25, -0.2) is 4.98 Å². The summed E-state index contributed by atoms with van der Waals surface area (Å²) in [6.07, 6.45) is 1.36. The first-order valence-corrected chi connectivity index (χ1v) is 9.41. The van der Waals surface area contributed by atoms with E-state index in [0.717, 1.165) is 16.6 Å². The van der Waals surface area contributed by atoms with Crippen LogP contribution in [0.25, 0.3) is 10.2 Å². The summed E-state index contributed by atoms with van der Waals surface area (Å²) in [6.45, 7) is 4.09. The predicted octanol–water partition coefficient (Wildman–Crippen LogP) is 3.00. The fourth-order valence-corrected chi connectivity index (χ4v) is 5.69. The Morgan fingerprint density at radius 3 is 3.13 bits per heavy atom. The zero-order valence-corrected chi connectivity index (χ0v) is 14.6. The molecule has 0 spiro atoms. The molecule has 0 unspecified atom stereocenters. The number of amides is 2. The maximum Gasteiger partial charge on any atom is 0.249 e. The minimum Gasteiger partial charge on any atom is -0.315 e. The van der Waals surface area contributed by atoms with Crippen molar-refractivity contribution in [3.8, 4) is 0 Å². The quantitative estimate of drug-likeness (QED) is 0.907. The maximum absolute atomic E-state index is 12.6. The number of nitrogens with one attached hydrogen (secondary N) is 1. The van der Waals surface area contributed by atoms with E-state index in [0.29, 0.717) is 17.3 Å². The van der Waals surface area contributed by atoms with Gasteiger partial charge in [-0.15, -0.1) is 11.8 Å². The van der Waals surface area contributed by atoms with Crippen molar-refractivity contribution in [2.45, 2.75) is 37.6 Å². The number of benzene rings is 1. The molecule has 4 rings (SSSR count). The van der Waals surface area contributed by atoms with Crippen molar-refractivity contribution in [3.05, 3.63) is 23.8 Å². The molecule has 2 aliphatic rings. The number of hydrogen-bond acceptors (Lipinski definition) is 5. The number of fused-ring (bicyclic) bond motifs is 2. The summed E-state index contributed by atoms with van der Waals surface area (Å²) >= 11 is 3.17. The van der Waals surface area contributed by atoms with Gasteiger partial charge in [0.25, 0.3) is 0 Å². The number of rotatable bonds is 2. The van der Waals surface area contributed by atoms with Crippen LogP contribution >= 0.6 is 23.1 Å². The van der Waals surface area contributed by atoms with Crippen molar-refractivity contribution in [1.29, 1.82) is 0 Å². The molecule has 2 saturated heterocycles. The van der Waals surface area contributed by atoms with Gasteiger partial charge in [0.15, 0.2) is 5.13 Å². The average molecular weight is 347 g/mol. The Kier molecular flexibility index (Phi) is 3.39. The number of thiazole rings is 1. The normalized spacial score (nSPS) is 26.8. The fraction of sp³-hybridized carbons (Fsp3) is 0.438. The molecule has 2 aliphatic heterocycles. The van der Waals surface area contributed by atoms with Crippen molar-refractivity contribution in [2.24, 2.45) is 0 Å². The first-order chi connectivity index (χ1) is 11.0. The van der Waals surface area contributed by atoms with E-state index in [1.54, 1.807) is 16.7 Å². The van der Waals surface area contributed by atoms with Crippen LogP contribution in [0.2, 0.25) is 0 Å². The van der Waals surface area contributed by atoms with Gasteiger partial charge in [-0.3, -0.25) is 9.59 Å². The molecular weight excluding hydrogens is 330 g/mol. The number of aromatic nitrogens is 1. The Balaban J connectivity index is 1.56.